The van der Waals surface area contributed by atoms with E-state index in [2.05, 4.69) is 26.6 Å². The van der Waals surface area contributed by atoms with E-state index in [0.29, 0.717) is 22.5 Å². The number of nitro benzene ring substituents is 1. The molecule has 1 aromatic carbocycles. The number of non-ortho nitro benzene ring substituents is 1. The van der Waals surface area contributed by atoms with E-state index in [1.165, 1.54) is 18.2 Å². The molecule has 2 rings (SSSR count). The average molecular weight is 379 g/mol. The Hall–Kier alpha value is -1.18. The molecule has 1 aliphatic rings. The fraction of sp³-hybridized carbons (Fsp3) is 0.462. The van der Waals surface area contributed by atoms with E-state index in [9.17, 15) is 14.9 Å². The highest BCUT2D eigenvalue weighted by Crippen LogP contribution is 2.23. The van der Waals surface area contributed by atoms with Gasteiger partial charge in [0.05, 0.1) is 10.5 Å². The summed E-state index contributed by atoms with van der Waals surface area (Å²) < 4.78 is 0.437. The second-order valence-corrected chi connectivity index (χ2v) is 5.68. The first-order chi connectivity index (χ1) is 9.58. The van der Waals surface area contributed by atoms with Crippen molar-refractivity contribution in [3.63, 3.8) is 0 Å². The largest absolute Gasteiger partial charge is 0.352 e. The van der Waals surface area contributed by atoms with Gasteiger partial charge in [-0.2, -0.15) is 0 Å². The van der Waals surface area contributed by atoms with Gasteiger partial charge in [-0.15, -0.1) is 12.4 Å². The van der Waals surface area contributed by atoms with Crippen LogP contribution in [-0.4, -0.2) is 30.5 Å². The number of halogens is 2. The molecule has 1 amide bonds. The highest BCUT2D eigenvalue weighted by Gasteiger charge is 2.16. The maximum absolute atomic E-state index is 12.0. The van der Waals surface area contributed by atoms with E-state index in [1.807, 2.05) is 0 Å². The standard InChI is InChI=1S/C13H16BrN3O3.ClH/c14-12-7-10(17(19)20)1-2-11(12)13(18)16-6-4-9-3-5-15-8-9;/h1-2,7,9,15H,3-6,8H2,(H,16,18);1H. The molecule has 1 aliphatic heterocycles. The zero-order valence-corrected chi connectivity index (χ0v) is 13.7. The number of carbonyl (C=O) groups is 1. The SMILES string of the molecule is Cl.O=C(NCCC1CCNC1)c1ccc([N+](=O)[O-])cc1Br. The van der Waals surface area contributed by atoms with Crippen molar-refractivity contribution in [1.29, 1.82) is 0 Å². The molecule has 1 aromatic rings. The predicted molar refractivity (Wildman–Crippen MR) is 86.0 cm³/mol. The number of amides is 1. The van der Waals surface area contributed by atoms with Crippen molar-refractivity contribution in [3.05, 3.63) is 38.3 Å². The Bertz CT molecular complexity index is 521. The van der Waals surface area contributed by atoms with E-state index in [0.717, 1.165) is 25.9 Å². The van der Waals surface area contributed by atoms with Crippen LogP contribution in [0.15, 0.2) is 22.7 Å². The molecule has 1 heterocycles. The van der Waals surface area contributed by atoms with E-state index >= 15 is 0 Å². The molecule has 1 saturated heterocycles. The Balaban J connectivity index is 0.00000220. The Labute approximate surface area is 137 Å². The monoisotopic (exact) mass is 377 g/mol. The van der Waals surface area contributed by atoms with E-state index in [1.54, 1.807) is 0 Å². The summed E-state index contributed by atoms with van der Waals surface area (Å²) in [5, 5.41) is 16.8. The number of nitrogens with zero attached hydrogens (tertiary/aromatic N) is 1. The number of hydrogen-bond acceptors (Lipinski definition) is 4. The lowest BCUT2D eigenvalue weighted by Gasteiger charge is -2.10. The van der Waals surface area contributed by atoms with Crippen LogP contribution >= 0.6 is 28.3 Å². The summed E-state index contributed by atoms with van der Waals surface area (Å²) >= 11 is 3.20. The Morgan fingerprint density at radius 3 is 2.86 bits per heavy atom. The molecule has 0 saturated carbocycles. The van der Waals surface area contributed by atoms with E-state index < -0.39 is 4.92 Å². The zero-order valence-electron chi connectivity index (χ0n) is 11.3. The number of nitrogens with one attached hydrogen (secondary N) is 2. The molecular weight excluding hydrogens is 362 g/mol. The molecular formula is C13H17BrClN3O3. The molecule has 0 radical (unpaired) electrons. The second-order valence-electron chi connectivity index (χ2n) is 4.82. The molecule has 0 spiro atoms. The van der Waals surface area contributed by atoms with Crippen molar-refractivity contribution in [1.82, 2.24) is 10.6 Å². The first kappa shape index (κ1) is 17.9. The maximum Gasteiger partial charge on any atom is 0.270 e. The third kappa shape index (κ3) is 4.94. The topological polar surface area (TPSA) is 84.3 Å². The molecule has 0 bridgehead atoms. The minimum absolute atomic E-state index is 0. The Kier molecular flexibility index (Phi) is 7.07. The van der Waals surface area contributed by atoms with Crippen LogP contribution in [0.1, 0.15) is 23.2 Å². The smallest absolute Gasteiger partial charge is 0.270 e. The van der Waals surface area contributed by atoms with Crippen LogP contribution in [0.2, 0.25) is 0 Å². The summed E-state index contributed by atoms with van der Waals surface area (Å²) in [5.74, 6) is 0.410. The van der Waals surface area contributed by atoms with Crippen molar-refractivity contribution >= 4 is 39.9 Å². The molecule has 21 heavy (non-hydrogen) atoms. The number of benzene rings is 1. The highest BCUT2D eigenvalue weighted by atomic mass is 79.9. The van der Waals surface area contributed by atoms with Crippen molar-refractivity contribution in [3.8, 4) is 0 Å². The van der Waals surface area contributed by atoms with E-state index in [4.69, 9.17) is 0 Å². The first-order valence-electron chi connectivity index (χ1n) is 6.51. The fourth-order valence-electron chi connectivity index (χ4n) is 2.25. The van der Waals surface area contributed by atoms with Crippen molar-refractivity contribution < 1.29 is 9.72 Å². The number of nitro groups is 1. The van der Waals surface area contributed by atoms with Gasteiger partial charge in [0.1, 0.15) is 0 Å². The Morgan fingerprint density at radius 2 is 2.29 bits per heavy atom. The van der Waals surface area contributed by atoms with Crippen molar-refractivity contribution in [2.24, 2.45) is 5.92 Å². The van der Waals surface area contributed by atoms with Crippen LogP contribution in [0.3, 0.4) is 0 Å². The highest BCUT2D eigenvalue weighted by molar-refractivity contribution is 9.10. The summed E-state index contributed by atoms with van der Waals surface area (Å²) in [5.41, 5.74) is 0.380. The summed E-state index contributed by atoms with van der Waals surface area (Å²) in [4.78, 5) is 22.1. The molecule has 116 valence electrons. The van der Waals surface area contributed by atoms with Crippen LogP contribution in [0, 0.1) is 16.0 Å². The van der Waals surface area contributed by atoms with Crippen LogP contribution in [-0.2, 0) is 0 Å². The Morgan fingerprint density at radius 1 is 1.52 bits per heavy atom. The minimum Gasteiger partial charge on any atom is -0.352 e. The lowest BCUT2D eigenvalue weighted by atomic mass is 10.1. The fourth-order valence-corrected chi connectivity index (χ4v) is 2.79. The zero-order chi connectivity index (χ0) is 14.5. The second kappa shape index (κ2) is 8.31. The van der Waals surface area contributed by atoms with Gasteiger partial charge >= 0.3 is 0 Å². The molecule has 2 N–H and O–H groups in total. The molecule has 1 unspecified atom stereocenters. The summed E-state index contributed by atoms with van der Waals surface area (Å²) in [6.45, 7) is 2.68. The van der Waals surface area contributed by atoms with Crippen molar-refractivity contribution in [2.75, 3.05) is 19.6 Å². The number of hydrogen-bond donors (Lipinski definition) is 2. The van der Waals surface area contributed by atoms with Gasteiger partial charge in [0.25, 0.3) is 11.6 Å². The van der Waals surface area contributed by atoms with Gasteiger partial charge in [-0.1, -0.05) is 0 Å². The minimum atomic E-state index is -0.487. The van der Waals surface area contributed by atoms with Crippen LogP contribution in [0.5, 0.6) is 0 Å². The lowest BCUT2D eigenvalue weighted by Crippen LogP contribution is -2.26. The molecule has 1 atom stereocenters. The number of carbonyl (C=O) groups excluding carboxylic acids is 1. The molecule has 0 aromatic heterocycles. The van der Waals surface area contributed by atoms with Gasteiger partial charge < -0.3 is 10.6 Å². The van der Waals surface area contributed by atoms with Gasteiger partial charge in [0.2, 0.25) is 0 Å². The van der Waals surface area contributed by atoms with Gasteiger partial charge in [0, 0.05) is 23.2 Å². The summed E-state index contributed by atoms with van der Waals surface area (Å²) in [7, 11) is 0. The molecule has 8 heteroatoms. The van der Waals surface area contributed by atoms with Crippen LogP contribution in [0.4, 0.5) is 5.69 Å². The summed E-state index contributed by atoms with van der Waals surface area (Å²) in [6.07, 6.45) is 2.10. The quantitative estimate of drug-likeness (QED) is 0.609. The average Bonchev–Trinajstić information content (AvgIpc) is 2.91. The normalized spacial score (nSPS) is 17.1. The van der Waals surface area contributed by atoms with Crippen LogP contribution in [0.25, 0.3) is 0 Å². The van der Waals surface area contributed by atoms with Gasteiger partial charge in [-0.05, 0) is 53.8 Å². The van der Waals surface area contributed by atoms with E-state index in [-0.39, 0.29) is 24.0 Å². The maximum atomic E-state index is 12.0. The number of rotatable bonds is 5. The summed E-state index contributed by atoms with van der Waals surface area (Å²) in [6, 6.07) is 4.14. The van der Waals surface area contributed by atoms with Gasteiger partial charge in [-0.3, -0.25) is 14.9 Å². The predicted octanol–water partition coefficient (Wildman–Crippen LogP) is 2.51. The molecule has 6 nitrogen and oxygen atoms in total. The van der Waals surface area contributed by atoms with Crippen LogP contribution < -0.4 is 10.6 Å². The third-order valence-corrected chi connectivity index (χ3v) is 4.06. The van der Waals surface area contributed by atoms with Gasteiger partial charge in [0.15, 0.2) is 0 Å². The van der Waals surface area contributed by atoms with Gasteiger partial charge in [-0.25, -0.2) is 0 Å². The van der Waals surface area contributed by atoms with Crippen molar-refractivity contribution in [2.45, 2.75) is 12.8 Å². The first-order valence-corrected chi connectivity index (χ1v) is 7.30. The molecule has 0 aliphatic carbocycles. The lowest BCUT2D eigenvalue weighted by molar-refractivity contribution is -0.384. The third-order valence-electron chi connectivity index (χ3n) is 3.41. The molecule has 1 fully saturated rings.